The van der Waals surface area contributed by atoms with Crippen molar-refractivity contribution >= 4 is 10.4 Å². The van der Waals surface area contributed by atoms with E-state index in [0.717, 1.165) is 23.9 Å². The molecule has 0 saturated carbocycles. The van der Waals surface area contributed by atoms with Crippen LogP contribution < -0.4 is 0 Å². The highest BCUT2D eigenvalue weighted by Gasteiger charge is 2.16. The molecule has 0 radical (unpaired) electrons. The Hall–Kier alpha value is -0.890. The van der Waals surface area contributed by atoms with Crippen LogP contribution in [0.15, 0.2) is 22.8 Å². The molecule has 0 aliphatic rings. The number of rotatable bonds is 14. The van der Waals surface area contributed by atoms with Gasteiger partial charge in [-0.1, -0.05) is 58.3 Å². The minimum absolute atomic E-state index is 0.808. The normalized spacial score (nSPS) is 11.9. The van der Waals surface area contributed by atoms with Gasteiger partial charge in [0.15, 0.2) is 5.76 Å². The lowest BCUT2D eigenvalue weighted by atomic mass is 10.1. The molecular formula is C20H39NO5S. The van der Waals surface area contributed by atoms with Crippen LogP contribution in [0.3, 0.4) is 0 Å². The maximum Gasteiger partial charge on any atom is 0.217 e. The number of furan rings is 1. The van der Waals surface area contributed by atoms with Gasteiger partial charge in [0.1, 0.15) is 6.54 Å². The maximum absolute atomic E-state index is 9.22. The highest BCUT2D eigenvalue weighted by atomic mass is 32.3. The Bertz CT molecular complexity index is 541. The molecular weight excluding hydrogens is 366 g/mol. The van der Waals surface area contributed by atoms with Crippen LogP contribution in [0.2, 0.25) is 0 Å². The van der Waals surface area contributed by atoms with Gasteiger partial charge in [-0.05, 0) is 25.0 Å². The topological polar surface area (TPSA) is 79.6 Å². The third-order valence-corrected chi connectivity index (χ3v) is 4.89. The van der Waals surface area contributed by atoms with Crippen molar-refractivity contribution in [3.8, 4) is 0 Å². The van der Waals surface area contributed by atoms with Crippen molar-refractivity contribution in [3.05, 3.63) is 24.2 Å². The first kappa shape index (κ1) is 26.1. The monoisotopic (exact) mass is 405 g/mol. The molecule has 0 spiro atoms. The lowest BCUT2D eigenvalue weighted by Crippen LogP contribution is -2.39. The van der Waals surface area contributed by atoms with Gasteiger partial charge < -0.3 is 13.5 Å². The Balaban J connectivity index is 0.000000972. The summed E-state index contributed by atoms with van der Waals surface area (Å²) in [7, 11) is 1.000. The fourth-order valence-electron chi connectivity index (χ4n) is 2.93. The van der Waals surface area contributed by atoms with E-state index in [4.69, 9.17) is 4.42 Å². The molecule has 160 valence electrons. The van der Waals surface area contributed by atoms with Crippen molar-refractivity contribution in [2.24, 2.45) is 0 Å². The Labute approximate surface area is 166 Å². The van der Waals surface area contributed by atoms with E-state index >= 15 is 0 Å². The lowest BCUT2D eigenvalue weighted by Gasteiger charge is -2.28. The van der Waals surface area contributed by atoms with Crippen molar-refractivity contribution in [1.82, 2.24) is 0 Å². The molecule has 0 aliphatic heterocycles. The van der Waals surface area contributed by atoms with Crippen molar-refractivity contribution in [2.45, 2.75) is 77.7 Å². The standard InChI is InChI=1S/C19H36NO.CH4O4S/c1-4-5-6-7-8-9-10-11-12-13-16-20(2,3)18-19-15-14-17-21-19;1-5-6(2,3)4/h14-15,17H,4-13,16,18H2,1-3H3;1H3,(H,2,3,4)/q+1;/p-1. The van der Waals surface area contributed by atoms with Crippen LogP contribution in [-0.4, -0.2) is 45.2 Å². The van der Waals surface area contributed by atoms with E-state index in [9.17, 15) is 13.0 Å². The first-order valence-electron chi connectivity index (χ1n) is 10.1. The minimum Gasteiger partial charge on any atom is -0.726 e. The van der Waals surface area contributed by atoms with Gasteiger partial charge in [-0.3, -0.25) is 4.18 Å². The zero-order valence-electron chi connectivity index (χ0n) is 17.6. The Morgan fingerprint density at radius 1 is 1.00 bits per heavy atom. The molecule has 1 rings (SSSR count). The molecule has 1 heterocycles. The van der Waals surface area contributed by atoms with Crippen molar-refractivity contribution in [3.63, 3.8) is 0 Å². The summed E-state index contributed by atoms with van der Waals surface area (Å²) in [4.78, 5) is 0. The second-order valence-corrected chi connectivity index (χ2v) is 8.80. The van der Waals surface area contributed by atoms with Gasteiger partial charge in [0, 0.05) is 0 Å². The quantitative estimate of drug-likeness (QED) is 0.191. The first-order valence-corrected chi connectivity index (χ1v) is 11.4. The number of hydrogen-bond acceptors (Lipinski definition) is 5. The summed E-state index contributed by atoms with van der Waals surface area (Å²) in [6.07, 6.45) is 15.9. The van der Waals surface area contributed by atoms with Crippen LogP contribution >= 0.6 is 0 Å². The molecule has 0 unspecified atom stereocenters. The van der Waals surface area contributed by atoms with E-state index in [1.807, 2.05) is 6.07 Å². The molecule has 0 bridgehead atoms. The van der Waals surface area contributed by atoms with Gasteiger partial charge in [0.05, 0.1) is 34.0 Å². The average molecular weight is 406 g/mol. The number of nitrogens with zero attached hydrogens (tertiary/aromatic N) is 1. The summed E-state index contributed by atoms with van der Waals surface area (Å²) in [6.45, 7) is 4.54. The Kier molecular flexibility index (Phi) is 14.6. The Morgan fingerprint density at radius 3 is 1.89 bits per heavy atom. The second kappa shape index (κ2) is 15.1. The predicted molar refractivity (Wildman–Crippen MR) is 108 cm³/mol. The van der Waals surface area contributed by atoms with Crippen LogP contribution in [0.25, 0.3) is 0 Å². The predicted octanol–water partition coefficient (Wildman–Crippen LogP) is 4.87. The molecule has 27 heavy (non-hydrogen) atoms. The molecule has 1 aromatic rings. The molecule has 0 N–H and O–H groups in total. The van der Waals surface area contributed by atoms with Gasteiger partial charge in [-0.2, -0.15) is 0 Å². The van der Waals surface area contributed by atoms with Crippen LogP contribution in [0, 0.1) is 0 Å². The van der Waals surface area contributed by atoms with E-state index in [-0.39, 0.29) is 0 Å². The zero-order valence-corrected chi connectivity index (χ0v) is 18.4. The fraction of sp³-hybridized carbons (Fsp3) is 0.800. The molecule has 0 fully saturated rings. The van der Waals surface area contributed by atoms with Gasteiger partial charge >= 0.3 is 0 Å². The molecule has 7 heteroatoms. The van der Waals surface area contributed by atoms with E-state index < -0.39 is 10.4 Å². The SMILES string of the molecule is CCCCCCCCCCCC[N+](C)(C)Cc1ccco1.COS(=O)(=O)[O-]. The highest BCUT2D eigenvalue weighted by molar-refractivity contribution is 7.80. The summed E-state index contributed by atoms with van der Waals surface area (Å²) >= 11 is 0. The molecule has 1 aromatic heterocycles. The van der Waals surface area contributed by atoms with Gasteiger partial charge in [-0.25, -0.2) is 8.42 Å². The van der Waals surface area contributed by atoms with Crippen molar-refractivity contribution in [1.29, 1.82) is 0 Å². The third-order valence-electron chi connectivity index (χ3n) is 4.49. The van der Waals surface area contributed by atoms with Gasteiger partial charge in [-0.15, -0.1) is 0 Å². The van der Waals surface area contributed by atoms with E-state index in [1.54, 1.807) is 6.26 Å². The summed E-state index contributed by atoms with van der Waals surface area (Å²) < 4.78 is 37.5. The molecule has 6 nitrogen and oxygen atoms in total. The first-order chi connectivity index (χ1) is 12.7. The van der Waals surface area contributed by atoms with Crippen molar-refractivity contribution in [2.75, 3.05) is 27.7 Å². The average Bonchev–Trinajstić information content (AvgIpc) is 3.08. The van der Waals surface area contributed by atoms with E-state index in [2.05, 4.69) is 31.3 Å². The summed E-state index contributed by atoms with van der Waals surface area (Å²) in [5, 5.41) is 0. The fourth-order valence-corrected chi connectivity index (χ4v) is 2.93. The van der Waals surface area contributed by atoms with E-state index in [0.29, 0.717) is 0 Å². The van der Waals surface area contributed by atoms with Gasteiger partial charge in [0.2, 0.25) is 10.4 Å². The molecule has 0 aliphatic carbocycles. The smallest absolute Gasteiger partial charge is 0.217 e. The molecule has 0 atom stereocenters. The number of unbranched alkanes of at least 4 members (excludes halogenated alkanes) is 9. The minimum atomic E-state index is -4.41. The van der Waals surface area contributed by atoms with E-state index in [1.165, 1.54) is 70.8 Å². The largest absolute Gasteiger partial charge is 0.726 e. The molecule has 0 saturated heterocycles. The van der Waals surface area contributed by atoms with Crippen LogP contribution in [0.1, 0.15) is 76.9 Å². The molecule has 0 aromatic carbocycles. The zero-order chi connectivity index (χ0) is 20.6. The summed E-state index contributed by atoms with van der Waals surface area (Å²) in [5.41, 5.74) is 0. The van der Waals surface area contributed by atoms with Crippen LogP contribution in [0.4, 0.5) is 0 Å². The van der Waals surface area contributed by atoms with Crippen LogP contribution in [-0.2, 0) is 21.1 Å². The summed E-state index contributed by atoms with van der Waals surface area (Å²) in [6, 6.07) is 4.06. The summed E-state index contributed by atoms with van der Waals surface area (Å²) in [5.74, 6) is 1.10. The van der Waals surface area contributed by atoms with Crippen LogP contribution in [0.5, 0.6) is 0 Å². The third kappa shape index (κ3) is 18.2. The van der Waals surface area contributed by atoms with Crippen molar-refractivity contribution < 1.29 is 26.1 Å². The Morgan fingerprint density at radius 2 is 1.48 bits per heavy atom. The van der Waals surface area contributed by atoms with Gasteiger partial charge in [0.25, 0.3) is 0 Å². The molecule has 0 amide bonds. The second-order valence-electron chi connectivity index (χ2n) is 7.65. The number of hydrogen-bond donors (Lipinski definition) is 0. The lowest BCUT2D eigenvalue weighted by molar-refractivity contribution is -0.904. The highest BCUT2D eigenvalue weighted by Crippen LogP contribution is 2.14. The number of quaternary nitrogens is 1. The maximum atomic E-state index is 9.22.